The number of rotatable bonds is 6. The van der Waals surface area contributed by atoms with Crippen LogP contribution in [-0.4, -0.2) is 29.8 Å². The molecule has 0 aliphatic heterocycles. The molecule has 0 aromatic heterocycles. The molecule has 1 unspecified atom stereocenters. The largest absolute Gasteiger partial charge is 0.396 e. The maximum atomic E-state index is 12.8. The molecule has 2 aliphatic carbocycles. The van der Waals surface area contributed by atoms with E-state index in [1.54, 1.807) is 6.08 Å². The molecule has 1 saturated carbocycles. The Morgan fingerprint density at radius 3 is 2.70 bits per heavy atom. The van der Waals surface area contributed by atoms with Crippen molar-refractivity contribution in [2.45, 2.75) is 47.0 Å². The van der Waals surface area contributed by atoms with Crippen LogP contribution in [0.15, 0.2) is 23.4 Å². The summed E-state index contributed by atoms with van der Waals surface area (Å²) in [5.41, 5.74) is 1.72. The van der Waals surface area contributed by atoms with E-state index in [2.05, 4.69) is 39.1 Å². The number of carbonyl (C=O) groups is 2. The number of aliphatic hydroxyl groups is 1. The van der Waals surface area contributed by atoms with E-state index >= 15 is 0 Å². The van der Waals surface area contributed by atoms with Crippen molar-refractivity contribution in [3.8, 4) is 0 Å². The molecule has 3 atom stereocenters. The second-order valence-corrected chi connectivity index (χ2v) is 7.67. The van der Waals surface area contributed by atoms with E-state index in [1.807, 2.05) is 0 Å². The lowest BCUT2D eigenvalue weighted by molar-refractivity contribution is -0.145. The van der Waals surface area contributed by atoms with E-state index < -0.39 is 5.92 Å². The molecule has 0 aromatic rings. The SMILES string of the molecule is CC(C)=CCC1C[C@H]2C(=O)[C@H](C(=O)C=C2NCCCO)C1(C)C. The maximum Gasteiger partial charge on any atom is 0.168 e. The molecule has 0 spiro atoms. The average molecular weight is 319 g/mol. The van der Waals surface area contributed by atoms with Crippen molar-refractivity contribution in [3.63, 3.8) is 0 Å². The molecule has 2 bridgehead atoms. The monoisotopic (exact) mass is 319 g/mol. The molecule has 2 aliphatic rings. The van der Waals surface area contributed by atoms with Crippen LogP contribution in [0.5, 0.6) is 0 Å². The molecule has 0 amide bonds. The highest BCUT2D eigenvalue weighted by molar-refractivity contribution is 6.13. The van der Waals surface area contributed by atoms with Crippen molar-refractivity contribution in [2.24, 2.45) is 23.2 Å². The highest BCUT2D eigenvalue weighted by atomic mass is 16.3. The molecule has 4 nitrogen and oxygen atoms in total. The zero-order valence-corrected chi connectivity index (χ0v) is 14.7. The highest BCUT2D eigenvalue weighted by Crippen LogP contribution is 2.50. The number of aliphatic hydroxyl groups excluding tert-OH is 1. The van der Waals surface area contributed by atoms with Crippen molar-refractivity contribution in [1.82, 2.24) is 5.32 Å². The van der Waals surface area contributed by atoms with Gasteiger partial charge >= 0.3 is 0 Å². The van der Waals surface area contributed by atoms with Crippen molar-refractivity contribution >= 4 is 11.6 Å². The summed E-state index contributed by atoms with van der Waals surface area (Å²) in [6.45, 7) is 8.97. The van der Waals surface area contributed by atoms with Crippen LogP contribution >= 0.6 is 0 Å². The third kappa shape index (κ3) is 3.57. The predicted molar refractivity (Wildman–Crippen MR) is 90.7 cm³/mol. The Hall–Kier alpha value is -1.42. The molecule has 0 radical (unpaired) electrons. The Balaban J connectivity index is 2.26. The highest BCUT2D eigenvalue weighted by Gasteiger charge is 2.54. The number of fused-ring (bicyclic) bond motifs is 2. The average Bonchev–Trinajstić information content (AvgIpc) is 2.44. The van der Waals surface area contributed by atoms with Gasteiger partial charge in [-0.1, -0.05) is 25.5 Å². The Morgan fingerprint density at radius 2 is 2.09 bits per heavy atom. The lowest BCUT2D eigenvalue weighted by Crippen LogP contribution is -2.53. The number of ketones is 2. The first kappa shape index (κ1) is 17.9. The van der Waals surface area contributed by atoms with E-state index in [9.17, 15) is 9.59 Å². The van der Waals surface area contributed by atoms with Crippen molar-refractivity contribution in [2.75, 3.05) is 13.2 Å². The fourth-order valence-corrected chi connectivity index (χ4v) is 3.90. The summed E-state index contributed by atoms with van der Waals surface area (Å²) in [5, 5.41) is 12.1. The van der Waals surface area contributed by atoms with Crippen LogP contribution in [0.25, 0.3) is 0 Å². The first-order valence-corrected chi connectivity index (χ1v) is 8.56. The predicted octanol–water partition coefficient (Wildman–Crippen LogP) is 2.63. The first-order valence-electron chi connectivity index (χ1n) is 8.56. The molecular weight excluding hydrogens is 290 g/mol. The third-order valence-electron chi connectivity index (χ3n) is 5.38. The summed E-state index contributed by atoms with van der Waals surface area (Å²) in [6, 6.07) is 0. The van der Waals surface area contributed by atoms with Gasteiger partial charge in [0, 0.05) is 24.9 Å². The second-order valence-electron chi connectivity index (χ2n) is 7.67. The van der Waals surface area contributed by atoms with Crippen molar-refractivity contribution < 1.29 is 14.7 Å². The van der Waals surface area contributed by atoms with Gasteiger partial charge in [-0.25, -0.2) is 0 Å². The van der Waals surface area contributed by atoms with Gasteiger partial charge in [-0.2, -0.15) is 0 Å². The van der Waals surface area contributed by atoms with Crippen LogP contribution in [-0.2, 0) is 9.59 Å². The molecular formula is C19H29NO3. The van der Waals surface area contributed by atoms with E-state index in [0.717, 1.165) is 18.5 Å². The van der Waals surface area contributed by atoms with E-state index in [-0.39, 0.29) is 29.5 Å². The number of carbonyl (C=O) groups excluding carboxylic acids is 2. The van der Waals surface area contributed by atoms with Gasteiger partial charge < -0.3 is 10.4 Å². The molecule has 2 N–H and O–H groups in total. The normalized spacial score (nSPS) is 29.1. The van der Waals surface area contributed by atoms with Crippen molar-refractivity contribution in [1.29, 1.82) is 0 Å². The lowest BCUT2D eigenvalue weighted by Gasteiger charge is -2.48. The number of allylic oxidation sites excluding steroid dienone is 4. The van der Waals surface area contributed by atoms with Crippen LogP contribution in [0.3, 0.4) is 0 Å². The molecule has 1 fully saturated rings. The molecule has 0 heterocycles. The summed E-state index contributed by atoms with van der Waals surface area (Å²) in [4.78, 5) is 25.3. The molecule has 2 rings (SSSR count). The van der Waals surface area contributed by atoms with Crippen LogP contribution in [0.4, 0.5) is 0 Å². The summed E-state index contributed by atoms with van der Waals surface area (Å²) in [5.74, 6) is -0.385. The molecule has 4 heteroatoms. The van der Waals surface area contributed by atoms with Crippen LogP contribution in [0, 0.1) is 23.2 Å². The minimum absolute atomic E-state index is 0.0651. The smallest absolute Gasteiger partial charge is 0.168 e. The number of nitrogens with one attached hydrogen (secondary N) is 1. The lowest BCUT2D eigenvalue weighted by atomic mass is 9.54. The fraction of sp³-hybridized carbons (Fsp3) is 0.684. The van der Waals surface area contributed by atoms with Gasteiger partial charge in [0.2, 0.25) is 0 Å². The summed E-state index contributed by atoms with van der Waals surface area (Å²) < 4.78 is 0. The van der Waals surface area contributed by atoms with Crippen LogP contribution in [0.2, 0.25) is 0 Å². The standard InChI is InChI=1S/C19H29NO3/c1-12(2)6-7-13-10-14-15(20-8-5-9-21)11-16(22)17(18(14)23)19(13,3)4/h6,11,13-14,17,20-21H,5,7-10H2,1-4H3/t13?,14-,17+/m1/s1. The van der Waals surface area contributed by atoms with Gasteiger partial charge in [-0.15, -0.1) is 0 Å². The topological polar surface area (TPSA) is 66.4 Å². The quantitative estimate of drug-likeness (QED) is 0.449. The van der Waals surface area contributed by atoms with Crippen LogP contribution in [0.1, 0.15) is 47.0 Å². The molecule has 128 valence electrons. The van der Waals surface area contributed by atoms with Gasteiger partial charge in [0.05, 0.1) is 11.8 Å². The van der Waals surface area contributed by atoms with Gasteiger partial charge in [0.15, 0.2) is 11.6 Å². The number of hydrogen-bond donors (Lipinski definition) is 2. The van der Waals surface area contributed by atoms with Gasteiger partial charge in [-0.3, -0.25) is 9.59 Å². The maximum absolute atomic E-state index is 12.8. The second kappa shape index (κ2) is 7.00. The van der Waals surface area contributed by atoms with Crippen LogP contribution < -0.4 is 5.32 Å². The Morgan fingerprint density at radius 1 is 1.39 bits per heavy atom. The summed E-state index contributed by atoms with van der Waals surface area (Å²) in [6.07, 6.45) is 6.16. The Bertz CT molecular complexity index is 541. The minimum Gasteiger partial charge on any atom is -0.396 e. The number of Topliss-reactive ketones (excluding diaryl/α,β-unsaturated/α-hetero) is 1. The van der Waals surface area contributed by atoms with Gasteiger partial charge in [0.1, 0.15) is 0 Å². The van der Waals surface area contributed by atoms with Crippen molar-refractivity contribution in [3.05, 3.63) is 23.4 Å². The zero-order chi connectivity index (χ0) is 17.2. The minimum atomic E-state index is -0.514. The third-order valence-corrected chi connectivity index (χ3v) is 5.38. The molecule has 0 saturated heterocycles. The zero-order valence-electron chi connectivity index (χ0n) is 14.7. The van der Waals surface area contributed by atoms with E-state index in [4.69, 9.17) is 5.11 Å². The number of hydrogen-bond acceptors (Lipinski definition) is 4. The Labute approximate surface area is 139 Å². The van der Waals surface area contributed by atoms with Gasteiger partial charge in [0.25, 0.3) is 0 Å². The molecule has 0 aromatic carbocycles. The van der Waals surface area contributed by atoms with E-state index in [1.165, 1.54) is 5.57 Å². The van der Waals surface area contributed by atoms with E-state index in [0.29, 0.717) is 18.9 Å². The summed E-state index contributed by atoms with van der Waals surface area (Å²) in [7, 11) is 0. The first-order chi connectivity index (χ1) is 10.8. The Kier molecular flexibility index (Phi) is 5.45. The fourth-order valence-electron chi connectivity index (χ4n) is 3.90. The molecule has 23 heavy (non-hydrogen) atoms. The summed E-state index contributed by atoms with van der Waals surface area (Å²) >= 11 is 0. The van der Waals surface area contributed by atoms with Gasteiger partial charge in [-0.05, 0) is 44.4 Å².